The van der Waals surface area contributed by atoms with Crippen LogP contribution in [-0.4, -0.2) is 45.4 Å². The Bertz CT molecular complexity index is 1340. The van der Waals surface area contributed by atoms with Crippen LogP contribution in [0.15, 0.2) is 66.7 Å². The Morgan fingerprint density at radius 3 is 2.56 bits per heavy atom. The normalized spacial score (nSPS) is 17.3. The first-order chi connectivity index (χ1) is 18.5. The Hall–Kier alpha value is -3.92. The molecule has 0 spiro atoms. The Labute approximate surface area is 228 Å². The topological polar surface area (TPSA) is 157 Å². The van der Waals surface area contributed by atoms with E-state index in [0.717, 1.165) is 22.3 Å². The lowest BCUT2D eigenvalue weighted by Gasteiger charge is -2.28. The van der Waals surface area contributed by atoms with Crippen molar-refractivity contribution < 1.29 is 24.9 Å². The summed E-state index contributed by atoms with van der Waals surface area (Å²) in [5.41, 5.74) is 9.34. The molecule has 3 atom stereocenters. The molecule has 0 aliphatic heterocycles. The zero-order chi connectivity index (χ0) is 28.2. The molecular weight excluding hydrogens is 496 g/mol. The number of fused-ring (bicyclic) bond motifs is 1. The lowest BCUT2D eigenvalue weighted by Crippen LogP contribution is -2.43. The highest BCUT2D eigenvalue weighted by atomic mass is 16.3. The predicted molar refractivity (Wildman–Crippen MR) is 149 cm³/mol. The molecule has 0 fully saturated rings. The molecule has 0 saturated heterocycles. The molecule has 1 aliphatic carbocycles. The zero-order valence-electron chi connectivity index (χ0n) is 22.1. The first-order valence-electron chi connectivity index (χ1n) is 13.0. The van der Waals surface area contributed by atoms with Gasteiger partial charge in [0.2, 0.25) is 5.91 Å². The highest BCUT2D eigenvalue weighted by Crippen LogP contribution is 2.31. The van der Waals surface area contributed by atoms with Crippen molar-refractivity contribution in [1.29, 1.82) is 0 Å². The summed E-state index contributed by atoms with van der Waals surface area (Å²) >= 11 is 0. The van der Waals surface area contributed by atoms with Gasteiger partial charge in [-0.15, -0.1) is 0 Å². The fourth-order valence-electron chi connectivity index (χ4n) is 5.06. The monoisotopic (exact) mass is 532 g/mol. The second kappa shape index (κ2) is 11.9. The van der Waals surface area contributed by atoms with Gasteiger partial charge in [-0.3, -0.25) is 4.79 Å². The van der Waals surface area contributed by atoms with Crippen LogP contribution >= 0.6 is 0 Å². The number of amides is 3. The van der Waals surface area contributed by atoms with Crippen LogP contribution < -0.4 is 21.7 Å². The quantitative estimate of drug-likeness (QED) is 0.199. The van der Waals surface area contributed by atoms with Crippen LogP contribution in [0, 0.1) is 0 Å². The van der Waals surface area contributed by atoms with Crippen LogP contribution in [0.4, 0.5) is 10.5 Å². The Morgan fingerprint density at radius 1 is 1.05 bits per heavy atom. The summed E-state index contributed by atoms with van der Waals surface area (Å²) in [6, 6.07) is 18.9. The minimum atomic E-state index is -0.885. The van der Waals surface area contributed by atoms with Crippen LogP contribution in [0.5, 0.6) is 5.75 Å². The van der Waals surface area contributed by atoms with Crippen molar-refractivity contribution in [2.75, 3.05) is 11.9 Å². The second-order valence-electron chi connectivity index (χ2n) is 10.7. The molecule has 8 N–H and O–H groups in total. The number of urea groups is 1. The maximum absolute atomic E-state index is 12.8. The average Bonchev–Trinajstić information content (AvgIpc) is 3.18. The molecule has 0 saturated carbocycles. The Kier molecular flexibility index (Phi) is 8.54. The Balaban J connectivity index is 1.33. The number of aliphatic hydroxyl groups excluding tert-OH is 2. The first-order valence-corrected chi connectivity index (χ1v) is 13.0. The van der Waals surface area contributed by atoms with E-state index in [1.54, 1.807) is 6.07 Å². The number of aromatic hydroxyl groups is 1. The van der Waals surface area contributed by atoms with Crippen LogP contribution in [0.2, 0.25) is 0 Å². The molecule has 39 heavy (non-hydrogen) atoms. The van der Waals surface area contributed by atoms with Crippen molar-refractivity contribution in [2.45, 2.75) is 56.9 Å². The molecule has 0 bridgehead atoms. The fourth-order valence-corrected chi connectivity index (χ4v) is 5.06. The summed E-state index contributed by atoms with van der Waals surface area (Å²) in [5, 5.41) is 39.7. The number of aliphatic hydroxyl groups is 2. The molecule has 0 heterocycles. The average molecular weight is 533 g/mol. The highest BCUT2D eigenvalue weighted by Gasteiger charge is 2.31. The SMILES string of the molecule is CC(C)(Cc1cccc(CC(=O)NC2c3ccccc3CC2O)c1)NCC(O)c1ccc(O)c(NC(N)=O)c1. The van der Waals surface area contributed by atoms with E-state index in [0.29, 0.717) is 18.4 Å². The number of carbonyl (C=O) groups excluding carboxylic acids is 2. The number of hydrogen-bond donors (Lipinski definition) is 7. The molecule has 3 unspecified atom stereocenters. The summed E-state index contributed by atoms with van der Waals surface area (Å²) in [5.74, 6) is -0.289. The fraction of sp³-hybridized carbons (Fsp3) is 0.333. The number of anilines is 1. The largest absolute Gasteiger partial charge is 0.506 e. The third-order valence-electron chi connectivity index (χ3n) is 6.96. The van der Waals surface area contributed by atoms with E-state index in [9.17, 15) is 24.9 Å². The highest BCUT2D eigenvalue weighted by molar-refractivity contribution is 5.89. The molecule has 1 aliphatic rings. The molecule has 9 heteroatoms. The zero-order valence-corrected chi connectivity index (χ0v) is 22.1. The van der Waals surface area contributed by atoms with E-state index in [2.05, 4.69) is 16.0 Å². The van der Waals surface area contributed by atoms with Crippen molar-refractivity contribution in [3.05, 3.63) is 94.5 Å². The van der Waals surface area contributed by atoms with Crippen LogP contribution in [0.1, 0.15) is 53.8 Å². The van der Waals surface area contributed by atoms with Gasteiger partial charge < -0.3 is 37.0 Å². The van der Waals surface area contributed by atoms with Gasteiger partial charge in [0.15, 0.2) is 0 Å². The molecule has 3 aromatic carbocycles. The maximum Gasteiger partial charge on any atom is 0.316 e. The number of nitrogens with one attached hydrogen (secondary N) is 3. The van der Waals surface area contributed by atoms with E-state index in [4.69, 9.17) is 5.73 Å². The number of phenols is 1. The van der Waals surface area contributed by atoms with Gasteiger partial charge in [-0.2, -0.15) is 0 Å². The van der Waals surface area contributed by atoms with E-state index in [-0.39, 0.29) is 35.8 Å². The minimum absolute atomic E-state index is 0.130. The van der Waals surface area contributed by atoms with Crippen molar-refractivity contribution in [3.8, 4) is 5.75 Å². The maximum atomic E-state index is 12.8. The van der Waals surface area contributed by atoms with E-state index in [1.165, 1.54) is 12.1 Å². The standard InChI is InChI=1S/C30H36N4O5/c1-30(2,32-17-26(37)21-10-11-24(35)23(14-21)33-29(31)39)16-19-7-5-6-18(12-19)13-27(38)34-28-22-9-4-3-8-20(22)15-25(28)36/h3-12,14,25-26,28,32,35-37H,13,15-17H2,1-2H3,(H,34,38)(H3,31,33,39). The van der Waals surface area contributed by atoms with Crippen molar-refractivity contribution in [2.24, 2.45) is 5.73 Å². The van der Waals surface area contributed by atoms with Crippen molar-refractivity contribution >= 4 is 17.6 Å². The second-order valence-corrected chi connectivity index (χ2v) is 10.7. The first kappa shape index (κ1) is 28.1. The van der Waals surface area contributed by atoms with Gasteiger partial charge in [0.1, 0.15) is 5.75 Å². The third-order valence-corrected chi connectivity index (χ3v) is 6.96. The smallest absolute Gasteiger partial charge is 0.316 e. The third kappa shape index (κ3) is 7.35. The van der Waals surface area contributed by atoms with Crippen molar-refractivity contribution in [3.63, 3.8) is 0 Å². The van der Waals surface area contributed by atoms with Crippen LogP contribution in [-0.2, 0) is 24.1 Å². The number of primary amides is 1. The van der Waals surface area contributed by atoms with E-state index >= 15 is 0 Å². The lowest BCUT2D eigenvalue weighted by atomic mass is 9.93. The molecule has 3 aromatic rings. The molecule has 9 nitrogen and oxygen atoms in total. The summed E-state index contributed by atoms with van der Waals surface area (Å²) in [4.78, 5) is 24.0. The number of phenolic OH excluding ortho intramolecular Hbond substituents is 1. The van der Waals surface area contributed by atoms with E-state index < -0.39 is 24.3 Å². The minimum Gasteiger partial charge on any atom is -0.506 e. The Morgan fingerprint density at radius 2 is 1.79 bits per heavy atom. The summed E-state index contributed by atoms with van der Waals surface area (Å²) < 4.78 is 0. The molecule has 0 aromatic heterocycles. The number of benzene rings is 3. The number of nitrogens with two attached hydrogens (primary N) is 1. The number of carbonyl (C=O) groups is 2. The van der Waals surface area contributed by atoms with E-state index in [1.807, 2.05) is 62.4 Å². The van der Waals surface area contributed by atoms with Gasteiger partial charge in [0.25, 0.3) is 0 Å². The summed E-state index contributed by atoms with van der Waals surface area (Å²) in [6.45, 7) is 4.28. The van der Waals surface area contributed by atoms with Gasteiger partial charge in [0.05, 0.1) is 30.4 Å². The number of rotatable bonds is 10. The van der Waals surface area contributed by atoms with Gasteiger partial charge >= 0.3 is 6.03 Å². The molecular formula is C30H36N4O5. The van der Waals surface area contributed by atoms with Gasteiger partial charge in [-0.25, -0.2) is 4.79 Å². The molecule has 3 amide bonds. The number of hydrogen-bond acceptors (Lipinski definition) is 6. The van der Waals surface area contributed by atoms with Crippen molar-refractivity contribution in [1.82, 2.24) is 10.6 Å². The number of β-amino-alcohol motifs (C(OH)–C–C–N with tert-alkyl or cyclic N) is 1. The summed E-state index contributed by atoms with van der Waals surface area (Å²) in [6.07, 6.45) is -0.134. The molecule has 0 radical (unpaired) electrons. The summed E-state index contributed by atoms with van der Waals surface area (Å²) in [7, 11) is 0. The van der Waals surface area contributed by atoms with Gasteiger partial charge in [-0.1, -0.05) is 54.6 Å². The lowest BCUT2D eigenvalue weighted by molar-refractivity contribution is -0.121. The van der Waals surface area contributed by atoms with Gasteiger partial charge in [-0.05, 0) is 60.2 Å². The predicted octanol–water partition coefficient (Wildman–Crippen LogP) is 2.84. The molecule has 206 valence electrons. The van der Waals surface area contributed by atoms with Crippen LogP contribution in [0.3, 0.4) is 0 Å². The van der Waals surface area contributed by atoms with Crippen LogP contribution in [0.25, 0.3) is 0 Å². The molecule has 4 rings (SSSR count). The van der Waals surface area contributed by atoms with Gasteiger partial charge in [0, 0.05) is 18.5 Å².